The highest BCUT2D eigenvalue weighted by Gasteiger charge is 2.26. The van der Waals surface area contributed by atoms with Crippen LogP contribution in [-0.2, 0) is 26.0 Å². The molecule has 29 heavy (non-hydrogen) atoms. The number of halogens is 1. The van der Waals surface area contributed by atoms with Gasteiger partial charge in [-0.05, 0) is 35.9 Å². The Morgan fingerprint density at radius 2 is 1.90 bits per heavy atom. The van der Waals surface area contributed by atoms with Gasteiger partial charge in [-0.25, -0.2) is 17.8 Å². The van der Waals surface area contributed by atoms with E-state index in [1.165, 1.54) is 33.8 Å². The van der Waals surface area contributed by atoms with Crippen molar-refractivity contribution < 1.29 is 22.3 Å². The molecular weight excluding hydrogens is 417 g/mol. The van der Waals surface area contributed by atoms with Crippen LogP contribution in [0.15, 0.2) is 47.4 Å². The first-order valence-electron chi connectivity index (χ1n) is 8.94. The SMILES string of the molecule is O=C(Cc1ccc(F)cc1)Nc1nc2ccc(S(=O)(=O)N3CCOCC3)cc2s1. The van der Waals surface area contributed by atoms with Gasteiger partial charge in [0.1, 0.15) is 5.82 Å². The fraction of sp³-hybridized carbons (Fsp3) is 0.263. The Hall–Kier alpha value is -2.40. The molecule has 1 aliphatic rings. The molecule has 0 spiro atoms. The number of hydrogen-bond donors (Lipinski definition) is 1. The second kappa shape index (κ2) is 8.15. The molecule has 0 bridgehead atoms. The Labute approximate surface area is 171 Å². The van der Waals surface area contributed by atoms with Crippen LogP contribution in [0.2, 0.25) is 0 Å². The van der Waals surface area contributed by atoms with Gasteiger partial charge >= 0.3 is 0 Å². The first-order chi connectivity index (χ1) is 13.9. The van der Waals surface area contributed by atoms with E-state index in [1.807, 2.05) is 0 Å². The molecule has 1 saturated heterocycles. The van der Waals surface area contributed by atoms with Crippen LogP contribution in [0, 0.1) is 5.82 Å². The zero-order valence-electron chi connectivity index (χ0n) is 15.3. The lowest BCUT2D eigenvalue weighted by atomic mass is 10.1. The molecule has 2 heterocycles. The van der Waals surface area contributed by atoms with E-state index in [9.17, 15) is 17.6 Å². The number of anilines is 1. The number of nitrogens with one attached hydrogen (secondary N) is 1. The molecule has 1 amide bonds. The van der Waals surface area contributed by atoms with Crippen LogP contribution in [-0.4, -0.2) is 49.9 Å². The predicted octanol–water partition coefficient (Wildman–Crippen LogP) is 2.64. The summed E-state index contributed by atoms with van der Waals surface area (Å²) in [5.41, 5.74) is 1.29. The van der Waals surface area contributed by atoms with Gasteiger partial charge in [0.2, 0.25) is 15.9 Å². The number of amides is 1. The standard InChI is InChI=1S/C19H18FN3O4S2/c20-14-3-1-13(2-4-14)11-18(24)22-19-21-16-6-5-15(12-17(16)28-19)29(25,26)23-7-9-27-10-8-23/h1-6,12H,7-11H2,(H,21,22,24). The number of sulfonamides is 1. The summed E-state index contributed by atoms with van der Waals surface area (Å²) < 4.78 is 45.9. The third-order valence-corrected chi connectivity index (χ3v) is 7.32. The molecule has 1 N–H and O–H groups in total. The number of benzene rings is 2. The van der Waals surface area contributed by atoms with E-state index in [1.54, 1.807) is 24.3 Å². The molecule has 10 heteroatoms. The Bertz CT molecular complexity index is 1140. The minimum Gasteiger partial charge on any atom is -0.379 e. The topological polar surface area (TPSA) is 88.6 Å². The first kappa shape index (κ1) is 19.9. The molecule has 4 rings (SSSR count). The Balaban J connectivity index is 1.50. The summed E-state index contributed by atoms with van der Waals surface area (Å²) in [5, 5.41) is 3.10. The summed E-state index contributed by atoms with van der Waals surface area (Å²) in [4.78, 5) is 16.8. The van der Waals surface area contributed by atoms with Gasteiger partial charge in [-0.3, -0.25) is 4.79 Å². The molecule has 7 nitrogen and oxygen atoms in total. The van der Waals surface area contributed by atoms with Crippen molar-refractivity contribution in [3.63, 3.8) is 0 Å². The maximum Gasteiger partial charge on any atom is 0.243 e. The van der Waals surface area contributed by atoms with Gasteiger partial charge < -0.3 is 10.1 Å². The largest absolute Gasteiger partial charge is 0.379 e. The molecule has 3 aromatic rings. The molecule has 0 unspecified atom stereocenters. The normalized spacial score (nSPS) is 15.5. The van der Waals surface area contributed by atoms with Crippen LogP contribution < -0.4 is 5.32 Å². The lowest BCUT2D eigenvalue weighted by molar-refractivity contribution is -0.115. The maximum atomic E-state index is 13.0. The first-order valence-corrected chi connectivity index (χ1v) is 11.2. The second-order valence-corrected chi connectivity index (χ2v) is 9.49. The number of morpholine rings is 1. The van der Waals surface area contributed by atoms with Crippen molar-refractivity contribution in [3.05, 3.63) is 53.8 Å². The molecule has 1 aromatic heterocycles. The predicted molar refractivity (Wildman–Crippen MR) is 108 cm³/mol. The average molecular weight is 436 g/mol. The summed E-state index contributed by atoms with van der Waals surface area (Å²) >= 11 is 1.20. The fourth-order valence-corrected chi connectivity index (χ4v) is 5.44. The van der Waals surface area contributed by atoms with Crippen molar-refractivity contribution in [1.29, 1.82) is 0 Å². The Morgan fingerprint density at radius 1 is 1.17 bits per heavy atom. The number of hydrogen-bond acceptors (Lipinski definition) is 6. The monoisotopic (exact) mass is 435 g/mol. The molecule has 1 fully saturated rings. The van der Waals surface area contributed by atoms with Crippen LogP contribution in [0.3, 0.4) is 0 Å². The van der Waals surface area contributed by atoms with Gasteiger partial charge in [0.15, 0.2) is 5.13 Å². The van der Waals surface area contributed by atoms with Crippen LogP contribution >= 0.6 is 11.3 Å². The molecule has 0 atom stereocenters. The highest BCUT2D eigenvalue weighted by atomic mass is 32.2. The molecule has 0 radical (unpaired) electrons. The van der Waals surface area contributed by atoms with Gasteiger partial charge in [-0.1, -0.05) is 23.5 Å². The summed E-state index contributed by atoms with van der Waals surface area (Å²) in [5.74, 6) is -0.639. The van der Waals surface area contributed by atoms with Gasteiger partial charge in [0, 0.05) is 13.1 Å². The third-order valence-electron chi connectivity index (χ3n) is 4.49. The average Bonchev–Trinajstić information content (AvgIpc) is 3.11. The Kier molecular flexibility index (Phi) is 5.59. The number of ether oxygens (including phenoxy) is 1. The summed E-state index contributed by atoms with van der Waals surface area (Å²) in [6, 6.07) is 10.4. The highest BCUT2D eigenvalue weighted by Crippen LogP contribution is 2.29. The minimum atomic E-state index is -3.60. The van der Waals surface area contributed by atoms with Gasteiger partial charge in [-0.2, -0.15) is 4.31 Å². The summed E-state index contributed by atoms with van der Waals surface area (Å²) in [7, 11) is -3.60. The number of carbonyl (C=O) groups excluding carboxylic acids is 1. The van der Waals surface area contributed by atoms with Crippen molar-refractivity contribution >= 4 is 42.6 Å². The van der Waals surface area contributed by atoms with E-state index in [0.717, 1.165) is 0 Å². The molecule has 152 valence electrons. The summed E-state index contributed by atoms with van der Waals surface area (Å²) in [6.07, 6.45) is 0.0901. The van der Waals surface area contributed by atoms with Crippen molar-refractivity contribution in [2.75, 3.05) is 31.6 Å². The fourth-order valence-electron chi connectivity index (χ4n) is 3.01. The van der Waals surface area contributed by atoms with E-state index >= 15 is 0 Å². The smallest absolute Gasteiger partial charge is 0.243 e. The quantitative estimate of drug-likeness (QED) is 0.666. The van der Waals surface area contributed by atoms with Crippen molar-refractivity contribution in [1.82, 2.24) is 9.29 Å². The number of aromatic nitrogens is 1. The zero-order chi connectivity index (χ0) is 20.4. The van der Waals surface area contributed by atoms with E-state index in [4.69, 9.17) is 4.74 Å². The molecule has 0 saturated carbocycles. The Morgan fingerprint density at radius 3 is 2.62 bits per heavy atom. The van der Waals surface area contributed by atoms with E-state index in [0.29, 0.717) is 47.2 Å². The van der Waals surface area contributed by atoms with Gasteiger partial charge in [0.25, 0.3) is 0 Å². The number of fused-ring (bicyclic) bond motifs is 1. The lowest BCUT2D eigenvalue weighted by Crippen LogP contribution is -2.40. The van der Waals surface area contributed by atoms with E-state index < -0.39 is 10.0 Å². The highest BCUT2D eigenvalue weighted by molar-refractivity contribution is 7.89. The van der Waals surface area contributed by atoms with Gasteiger partial charge in [0.05, 0.1) is 34.7 Å². The van der Waals surface area contributed by atoms with Gasteiger partial charge in [-0.15, -0.1) is 0 Å². The molecule has 1 aliphatic heterocycles. The van der Waals surface area contributed by atoms with Crippen molar-refractivity contribution in [2.24, 2.45) is 0 Å². The number of nitrogens with zero attached hydrogens (tertiary/aromatic N) is 2. The molecular formula is C19H18FN3O4S2. The third kappa shape index (κ3) is 4.45. The van der Waals surface area contributed by atoms with Crippen molar-refractivity contribution in [3.8, 4) is 0 Å². The van der Waals surface area contributed by atoms with E-state index in [-0.39, 0.29) is 23.0 Å². The number of carbonyl (C=O) groups is 1. The van der Waals surface area contributed by atoms with Crippen LogP contribution in [0.1, 0.15) is 5.56 Å². The second-order valence-electron chi connectivity index (χ2n) is 6.52. The number of thiazole rings is 1. The molecule has 0 aliphatic carbocycles. The van der Waals surface area contributed by atoms with Crippen LogP contribution in [0.5, 0.6) is 0 Å². The minimum absolute atomic E-state index is 0.0901. The zero-order valence-corrected chi connectivity index (χ0v) is 16.9. The maximum absolute atomic E-state index is 13.0. The number of rotatable bonds is 5. The summed E-state index contributed by atoms with van der Waals surface area (Å²) in [6.45, 7) is 1.42. The molecule has 2 aromatic carbocycles. The van der Waals surface area contributed by atoms with E-state index in [2.05, 4.69) is 10.3 Å². The van der Waals surface area contributed by atoms with Crippen LogP contribution in [0.4, 0.5) is 9.52 Å². The lowest BCUT2D eigenvalue weighted by Gasteiger charge is -2.25. The van der Waals surface area contributed by atoms with Crippen molar-refractivity contribution in [2.45, 2.75) is 11.3 Å². The van der Waals surface area contributed by atoms with Crippen LogP contribution in [0.25, 0.3) is 10.2 Å².